The number of carbonyl (C=O) groups is 3. The Morgan fingerprint density at radius 3 is 2.57 bits per heavy atom. The first kappa shape index (κ1) is 20.6. The fourth-order valence-corrected chi connectivity index (χ4v) is 4.78. The molecule has 3 unspecified atom stereocenters. The normalized spacial score (nSPS) is 29.1. The topological polar surface area (TPSA) is 91.8 Å². The van der Waals surface area contributed by atoms with E-state index < -0.39 is 11.0 Å². The molecule has 0 aliphatic carbocycles. The summed E-state index contributed by atoms with van der Waals surface area (Å²) in [6, 6.07) is 4.24. The molecule has 0 saturated carbocycles. The molecule has 3 fully saturated rings. The minimum Gasteiger partial charge on any atom is -0.444 e. The first-order valence-electron chi connectivity index (χ1n) is 10.7. The Balaban J connectivity index is 1.47. The predicted molar refractivity (Wildman–Crippen MR) is 111 cm³/mol. The van der Waals surface area contributed by atoms with Crippen molar-refractivity contribution >= 4 is 23.7 Å². The maximum Gasteiger partial charge on any atom is 0.410 e. The highest BCUT2D eigenvalue weighted by Gasteiger charge is 2.46. The van der Waals surface area contributed by atoms with E-state index in [0.717, 1.165) is 30.8 Å². The number of piperidine rings is 1. The molecular formula is C22H30N4O4. The highest BCUT2D eigenvalue weighted by molar-refractivity contribution is 6.03. The molecule has 162 valence electrons. The molecule has 0 bridgehead atoms. The summed E-state index contributed by atoms with van der Waals surface area (Å²) >= 11 is 0. The van der Waals surface area contributed by atoms with Gasteiger partial charge in [0.15, 0.2) is 0 Å². The fourth-order valence-electron chi connectivity index (χ4n) is 4.78. The van der Waals surface area contributed by atoms with Crippen LogP contribution in [-0.4, -0.2) is 58.6 Å². The van der Waals surface area contributed by atoms with Crippen molar-refractivity contribution in [1.82, 2.24) is 15.2 Å². The number of fused-ring (bicyclic) bond motifs is 1. The Morgan fingerprint density at radius 2 is 1.93 bits per heavy atom. The standard InChI is InChI=1S/C22H30N4O4/c1-21(2,3)30-20(29)26-12-9-15-16(26)8-11-25(15)17-6-5-14(13-23-17)22(4)10-7-18(27)24-19(22)28/h5-6,13,15-16H,7-12H2,1-4H3,(H,24,27,28). The third-order valence-electron chi connectivity index (χ3n) is 6.49. The fraction of sp³-hybridized carbons (Fsp3) is 0.636. The van der Waals surface area contributed by atoms with Gasteiger partial charge in [0, 0.05) is 25.7 Å². The van der Waals surface area contributed by atoms with Gasteiger partial charge in [0.25, 0.3) is 0 Å². The van der Waals surface area contributed by atoms with Crippen LogP contribution in [0.1, 0.15) is 58.9 Å². The number of carbonyl (C=O) groups excluding carboxylic acids is 3. The van der Waals surface area contributed by atoms with Crippen LogP contribution >= 0.6 is 0 Å². The van der Waals surface area contributed by atoms with E-state index in [9.17, 15) is 14.4 Å². The molecule has 3 amide bonds. The van der Waals surface area contributed by atoms with E-state index in [2.05, 4.69) is 15.2 Å². The van der Waals surface area contributed by atoms with E-state index in [1.807, 2.05) is 44.7 Å². The molecule has 0 aromatic carbocycles. The van der Waals surface area contributed by atoms with Gasteiger partial charge in [-0.25, -0.2) is 9.78 Å². The van der Waals surface area contributed by atoms with Crippen LogP contribution in [0.15, 0.2) is 18.3 Å². The molecule has 4 heterocycles. The largest absolute Gasteiger partial charge is 0.444 e. The number of anilines is 1. The molecule has 1 aromatic heterocycles. The zero-order valence-corrected chi connectivity index (χ0v) is 18.1. The van der Waals surface area contributed by atoms with E-state index in [4.69, 9.17) is 4.74 Å². The second-order valence-corrected chi connectivity index (χ2v) is 9.69. The number of nitrogens with zero attached hydrogens (tertiary/aromatic N) is 3. The lowest BCUT2D eigenvalue weighted by Gasteiger charge is -2.32. The number of rotatable bonds is 2. The zero-order chi connectivity index (χ0) is 21.7. The molecule has 30 heavy (non-hydrogen) atoms. The number of hydrogen-bond donors (Lipinski definition) is 1. The summed E-state index contributed by atoms with van der Waals surface area (Å²) in [7, 11) is 0. The van der Waals surface area contributed by atoms with Gasteiger partial charge in [-0.1, -0.05) is 6.07 Å². The van der Waals surface area contributed by atoms with Crippen LogP contribution in [0, 0.1) is 0 Å². The highest BCUT2D eigenvalue weighted by atomic mass is 16.6. The molecule has 3 aliphatic rings. The maximum atomic E-state index is 12.6. The summed E-state index contributed by atoms with van der Waals surface area (Å²) < 4.78 is 5.57. The lowest BCUT2D eigenvalue weighted by atomic mass is 9.76. The van der Waals surface area contributed by atoms with Gasteiger partial charge < -0.3 is 14.5 Å². The van der Waals surface area contributed by atoms with Crippen LogP contribution in [0.2, 0.25) is 0 Å². The van der Waals surface area contributed by atoms with Crippen LogP contribution in [0.4, 0.5) is 10.6 Å². The van der Waals surface area contributed by atoms with Crippen molar-refractivity contribution in [1.29, 1.82) is 0 Å². The average Bonchev–Trinajstić information content (AvgIpc) is 3.26. The van der Waals surface area contributed by atoms with Crippen molar-refractivity contribution < 1.29 is 19.1 Å². The van der Waals surface area contributed by atoms with Gasteiger partial charge in [0.05, 0.1) is 17.5 Å². The van der Waals surface area contributed by atoms with E-state index in [1.54, 1.807) is 6.20 Å². The van der Waals surface area contributed by atoms with Gasteiger partial charge >= 0.3 is 6.09 Å². The Morgan fingerprint density at radius 1 is 1.20 bits per heavy atom. The van der Waals surface area contributed by atoms with Gasteiger partial charge in [0.2, 0.25) is 11.8 Å². The molecule has 8 heteroatoms. The van der Waals surface area contributed by atoms with E-state index in [-0.39, 0.29) is 30.0 Å². The second-order valence-electron chi connectivity index (χ2n) is 9.69. The molecule has 0 radical (unpaired) electrons. The van der Waals surface area contributed by atoms with Gasteiger partial charge in [-0.05, 0) is 58.6 Å². The molecule has 8 nitrogen and oxygen atoms in total. The van der Waals surface area contributed by atoms with Crippen molar-refractivity contribution in [3.63, 3.8) is 0 Å². The zero-order valence-electron chi connectivity index (χ0n) is 18.1. The van der Waals surface area contributed by atoms with Crippen LogP contribution < -0.4 is 10.2 Å². The number of aromatic nitrogens is 1. The quantitative estimate of drug-likeness (QED) is 0.747. The van der Waals surface area contributed by atoms with Gasteiger partial charge in [-0.15, -0.1) is 0 Å². The summed E-state index contributed by atoms with van der Waals surface area (Å²) in [5.41, 5.74) is -0.431. The van der Waals surface area contributed by atoms with Crippen LogP contribution in [0.3, 0.4) is 0 Å². The van der Waals surface area contributed by atoms with E-state index in [1.165, 1.54) is 0 Å². The van der Waals surface area contributed by atoms with Crippen LogP contribution in [-0.2, 0) is 19.7 Å². The minimum atomic E-state index is -0.742. The number of pyridine rings is 1. The number of nitrogens with one attached hydrogen (secondary N) is 1. The van der Waals surface area contributed by atoms with Crippen molar-refractivity contribution in [2.45, 2.75) is 76.5 Å². The summed E-state index contributed by atoms with van der Waals surface area (Å²) in [4.78, 5) is 45.2. The Kier molecular flexibility index (Phi) is 4.98. The smallest absolute Gasteiger partial charge is 0.410 e. The Labute approximate surface area is 177 Å². The second kappa shape index (κ2) is 7.25. The maximum absolute atomic E-state index is 12.6. The van der Waals surface area contributed by atoms with Crippen LogP contribution in [0.25, 0.3) is 0 Å². The van der Waals surface area contributed by atoms with Crippen molar-refractivity contribution in [2.75, 3.05) is 18.0 Å². The van der Waals surface area contributed by atoms with Crippen molar-refractivity contribution in [2.24, 2.45) is 0 Å². The van der Waals surface area contributed by atoms with E-state index in [0.29, 0.717) is 19.4 Å². The average molecular weight is 415 g/mol. The molecule has 1 N–H and O–H groups in total. The number of likely N-dealkylation sites (tertiary alicyclic amines) is 1. The number of ether oxygens (including phenoxy) is 1. The predicted octanol–water partition coefficient (Wildman–Crippen LogP) is 2.36. The SMILES string of the molecule is CC(C)(C)OC(=O)N1CCC2C1CCN2c1ccc(C2(C)CCC(=O)NC2=O)cn1. The number of amides is 3. The van der Waals surface area contributed by atoms with Gasteiger partial charge in [-0.2, -0.15) is 0 Å². The summed E-state index contributed by atoms with van der Waals surface area (Å²) in [6.07, 6.45) is 4.09. The van der Waals surface area contributed by atoms with Crippen molar-refractivity contribution in [3.05, 3.63) is 23.9 Å². The molecule has 3 aliphatic heterocycles. The Hall–Kier alpha value is -2.64. The minimum absolute atomic E-state index is 0.133. The molecule has 0 spiro atoms. The number of imide groups is 1. The lowest BCUT2D eigenvalue weighted by molar-refractivity contribution is -0.137. The number of hydrogen-bond acceptors (Lipinski definition) is 6. The third kappa shape index (κ3) is 3.63. The van der Waals surface area contributed by atoms with E-state index >= 15 is 0 Å². The summed E-state index contributed by atoms with van der Waals surface area (Å²) in [5, 5.41) is 2.43. The van der Waals surface area contributed by atoms with Gasteiger partial charge in [-0.3, -0.25) is 14.9 Å². The third-order valence-corrected chi connectivity index (χ3v) is 6.49. The Bertz CT molecular complexity index is 863. The first-order chi connectivity index (χ1) is 14.1. The van der Waals surface area contributed by atoms with Crippen molar-refractivity contribution in [3.8, 4) is 0 Å². The first-order valence-corrected chi connectivity index (χ1v) is 10.7. The van der Waals surface area contributed by atoms with Gasteiger partial charge in [0.1, 0.15) is 11.4 Å². The van der Waals surface area contributed by atoms with Crippen LogP contribution in [0.5, 0.6) is 0 Å². The lowest BCUT2D eigenvalue weighted by Crippen LogP contribution is -2.49. The summed E-state index contributed by atoms with van der Waals surface area (Å²) in [6.45, 7) is 9.01. The molecular weight excluding hydrogens is 384 g/mol. The molecule has 3 atom stereocenters. The molecule has 3 saturated heterocycles. The monoisotopic (exact) mass is 414 g/mol. The molecule has 1 aromatic rings. The summed E-state index contributed by atoms with van der Waals surface area (Å²) in [5.74, 6) is 0.368. The molecule has 4 rings (SSSR count). The highest BCUT2D eigenvalue weighted by Crippen LogP contribution is 2.37.